The first kappa shape index (κ1) is 14.8. The van der Waals surface area contributed by atoms with Gasteiger partial charge in [-0.25, -0.2) is 0 Å². The van der Waals surface area contributed by atoms with E-state index in [1.165, 1.54) is 6.42 Å². The normalized spacial score (nSPS) is 27.7. The Morgan fingerprint density at radius 2 is 1.95 bits per heavy atom. The van der Waals surface area contributed by atoms with Gasteiger partial charge in [-0.15, -0.1) is 0 Å². The van der Waals surface area contributed by atoms with Crippen LogP contribution in [0.2, 0.25) is 0 Å². The first-order valence-corrected chi connectivity index (χ1v) is 7.79. The van der Waals surface area contributed by atoms with Crippen molar-refractivity contribution in [1.82, 2.24) is 15.1 Å². The SMILES string of the molecule is CCCCC(=O)N1CCN(C2CNC(C)(C)C2)CC1. The molecular weight excluding hydrogens is 238 g/mol. The van der Waals surface area contributed by atoms with Gasteiger partial charge in [-0.3, -0.25) is 9.69 Å². The van der Waals surface area contributed by atoms with E-state index in [-0.39, 0.29) is 5.54 Å². The van der Waals surface area contributed by atoms with Gasteiger partial charge in [0.1, 0.15) is 0 Å². The first-order chi connectivity index (χ1) is 9.02. The fourth-order valence-electron chi connectivity index (χ4n) is 3.21. The molecule has 2 saturated heterocycles. The Morgan fingerprint density at radius 3 is 2.47 bits per heavy atom. The summed E-state index contributed by atoms with van der Waals surface area (Å²) in [5.74, 6) is 0.353. The number of carbonyl (C=O) groups excluding carboxylic acids is 1. The number of carbonyl (C=O) groups is 1. The van der Waals surface area contributed by atoms with Crippen molar-refractivity contribution in [2.75, 3.05) is 32.7 Å². The second kappa shape index (κ2) is 6.23. The zero-order valence-electron chi connectivity index (χ0n) is 12.7. The molecule has 110 valence electrons. The third kappa shape index (κ3) is 3.93. The van der Waals surface area contributed by atoms with E-state index in [2.05, 4.69) is 35.9 Å². The van der Waals surface area contributed by atoms with Crippen molar-refractivity contribution in [2.24, 2.45) is 0 Å². The summed E-state index contributed by atoms with van der Waals surface area (Å²) in [5.41, 5.74) is 0.277. The molecule has 0 aromatic rings. The zero-order valence-corrected chi connectivity index (χ0v) is 12.7. The molecule has 0 spiro atoms. The topological polar surface area (TPSA) is 35.6 Å². The average Bonchev–Trinajstić information content (AvgIpc) is 2.76. The Morgan fingerprint density at radius 1 is 1.26 bits per heavy atom. The standard InChI is InChI=1S/C15H29N3O/c1-4-5-6-14(19)18-9-7-17(8-10-18)13-11-15(2,3)16-12-13/h13,16H,4-12H2,1-3H3. The van der Waals surface area contributed by atoms with Crippen LogP contribution in [-0.2, 0) is 4.79 Å². The minimum atomic E-state index is 0.277. The van der Waals surface area contributed by atoms with Crippen LogP contribution >= 0.6 is 0 Å². The summed E-state index contributed by atoms with van der Waals surface area (Å²) in [4.78, 5) is 16.6. The fraction of sp³-hybridized carbons (Fsp3) is 0.933. The van der Waals surface area contributed by atoms with Crippen LogP contribution in [0.15, 0.2) is 0 Å². The summed E-state index contributed by atoms with van der Waals surface area (Å²) in [7, 11) is 0. The second-order valence-corrected chi connectivity index (χ2v) is 6.64. The van der Waals surface area contributed by atoms with Crippen molar-refractivity contribution < 1.29 is 4.79 Å². The van der Waals surface area contributed by atoms with Gasteiger partial charge in [-0.1, -0.05) is 13.3 Å². The maximum absolute atomic E-state index is 12.0. The summed E-state index contributed by atoms with van der Waals surface area (Å²) < 4.78 is 0. The molecular formula is C15H29N3O. The summed E-state index contributed by atoms with van der Waals surface area (Å²) in [6, 6.07) is 0.655. The van der Waals surface area contributed by atoms with Gasteiger partial charge in [0.15, 0.2) is 0 Å². The average molecular weight is 267 g/mol. The van der Waals surface area contributed by atoms with Crippen LogP contribution in [0.3, 0.4) is 0 Å². The van der Waals surface area contributed by atoms with E-state index in [4.69, 9.17) is 0 Å². The van der Waals surface area contributed by atoms with Crippen LogP contribution in [0.1, 0.15) is 46.5 Å². The molecule has 4 heteroatoms. The van der Waals surface area contributed by atoms with Crippen LogP contribution in [0.25, 0.3) is 0 Å². The Hall–Kier alpha value is -0.610. The van der Waals surface area contributed by atoms with Gasteiger partial charge in [0.2, 0.25) is 5.91 Å². The van der Waals surface area contributed by atoms with Crippen LogP contribution in [0.4, 0.5) is 0 Å². The van der Waals surface area contributed by atoms with Crippen LogP contribution in [0, 0.1) is 0 Å². The van der Waals surface area contributed by atoms with Gasteiger partial charge in [-0.2, -0.15) is 0 Å². The van der Waals surface area contributed by atoms with Crippen molar-refractivity contribution in [1.29, 1.82) is 0 Å². The molecule has 1 atom stereocenters. The molecule has 2 heterocycles. The van der Waals surface area contributed by atoms with E-state index in [0.717, 1.165) is 52.0 Å². The van der Waals surface area contributed by atoms with Gasteiger partial charge >= 0.3 is 0 Å². The molecule has 2 rings (SSSR count). The molecule has 0 aromatic heterocycles. The third-order valence-electron chi connectivity index (χ3n) is 4.49. The number of amides is 1. The molecule has 0 radical (unpaired) electrons. The first-order valence-electron chi connectivity index (χ1n) is 7.79. The van der Waals surface area contributed by atoms with Crippen molar-refractivity contribution in [3.8, 4) is 0 Å². The van der Waals surface area contributed by atoms with E-state index in [0.29, 0.717) is 11.9 Å². The molecule has 0 bridgehead atoms. The molecule has 2 aliphatic rings. The lowest BCUT2D eigenvalue weighted by Gasteiger charge is -2.38. The van der Waals surface area contributed by atoms with Gasteiger partial charge in [0.25, 0.3) is 0 Å². The Balaban J connectivity index is 1.75. The molecule has 1 N–H and O–H groups in total. The lowest BCUT2D eigenvalue weighted by molar-refractivity contribution is -0.133. The van der Waals surface area contributed by atoms with Crippen molar-refractivity contribution in [2.45, 2.75) is 58.0 Å². The zero-order chi connectivity index (χ0) is 13.9. The summed E-state index contributed by atoms with van der Waals surface area (Å²) >= 11 is 0. The number of nitrogens with one attached hydrogen (secondary N) is 1. The second-order valence-electron chi connectivity index (χ2n) is 6.64. The van der Waals surface area contributed by atoms with Crippen molar-refractivity contribution in [3.63, 3.8) is 0 Å². The van der Waals surface area contributed by atoms with E-state index >= 15 is 0 Å². The molecule has 0 saturated carbocycles. The summed E-state index contributed by atoms with van der Waals surface area (Å²) in [5, 5.41) is 3.58. The Bertz CT molecular complexity index is 309. The van der Waals surface area contributed by atoms with Crippen LogP contribution in [0.5, 0.6) is 0 Å². The highest BCUT2D eigenvalue weighted by molar-refractivity contribution is 5.76. The molecule has 0 aliphatic carbocycles. The summed E-state index contributed by atoms with van der Waals surface area (Å²) in [6.07, 6.45) is 4.08. The minimum absolute atomic E-state index is 0.277. The number of nitrogens with zero attached hydrogens (tertiary/aromatic N) is 2. The van der Waals surface area contributed by atoms with E-state index in [9.17, 15) is 4.79 Å². The van der Waals surface area contributed by atoms with Gasteiger partial charge in [-0.05, 0) is 26.7 Å². The molecule has 1 unspecified atom stereocenters. The largest absolute Gasteiger partial charge is 0.340 e. The molecule has 4 nitrogen and oxygen atoms in total. The smallest absolute Gasteiger partial charge is 0.222 e. The monoisotopic (exact) mass is 267 g/mol. The number of hydrogen-bond donors (Lipinski definition) is 1. The lowest BCUT2D eigenvalue weighted by atomic mass is 10.0. The maximum atomic E-state index is 12.0. The number of hydrogen-bond acceptors (Lipinski definition) is 3. The molecule has 0 aromatic carbocycles. The van der Waals surface area contributed by atoms with Gasteiger partial charge < -0.3 is 10.2 Å². The number of rotatable bonds is 4. The van der Waals surface area contributed by atoms with E-state index in [1.54, 1.807) is 0 Å². The fourth-order valence-corrected chi connectivity index (χ4v) is 3.21. The summed E-state index contributed by atoms with van der Waals surface area (Å²) in [6.45, 7) is 11.7. The highest BCUT2D eigenvalue weighted by Crippen LogP contribution is 2.23. The Labute approximate surface area is 117 Å². The van der Waals surface area contributed by atoms with E-state index in [1.807, 2.05) is 0 Å². The maximum Gasteiger partial charge on any atom is 0.222 e. The molecule has 2 aliphatic heterocycles. The predicted molar refractivity (Wildman–Crippen MR) is 78.2 cm³/mol. The predicted octanol–water partition coefficient (Wildman–Crippen LogP) is 1.46. The highest BCUT2D eigenvalue weighted by Gasteiger charge is 2.35. The van der Waals surface area contributed by atoms with E-state index < -0.39 is 0 Å². The van der Waals surface area contributed by atoms with Crippen molar-refractivity contribution >= 4 is 5.91 Å². The van der Waals surface area contributed by atoms with Gasteiger partial charge in [0, 0.05) is 50.7 Å². The van der Waals surface area contributed by atoms with Crippen LogP contribution < -0.4 is 5.32 Å². The highest BCUT2D eigenvalue weighted by atomic mass is 16.2. The Kier molecular flexibility index (Phi) is 4.85. The third-order valence-corrected chi connectivity index (χ3v) is 4.49. The lowest BCUT2D eigenvalue weighted by Crippen LogP contribution is -2.52. The molecule has 1 amide bonds. The number of unbranched alkanes of at least 4 members (excludes halogenated alkanes) is 1. The molecule has 19 heavy (non-hydrogen) atoms. The van der Waals surface area contributed by atoms with Gasteiger partial charge in [0.05, 0.1) is 0 Å². The number of piperazine rings is 1. The van der Waals surface area contributed by atoms with Crippen LogP contribution in [-0.4, -0.2) is 60.0 Å². The quantitative estimate of drug-likeness (QED) is 0.837. The van der Waals surface area contributed by atoms with Crippen molar-refractivity contribution in [3.05, 3.63) is 0 Å². The molecule has 2 fully saturated rings. The minimum Gasteiger partial charge on any atom is -0.340 e.